The molecule has 0 aliphatic carbocycles. The zero-order valence-electron chi connectivity index (χ0n) is 11.2. The highest BCUT2D eigenvalue weighted by Gasteiger charge is 2.24. The number of para-hydroxylation sites is 1. The van der Waals surface area contributed by atoms with E-state index in [0.717, 1.165) is 10.9 Å². The summed E-state index contributed by atoms with van der Waals surface area (Å²) in [5.74, 6) is -0.606. The third kappa shape index (κ3) is 2.96. The van der Waals surface area contributed by atoms with Crippen LogP contribution in [0.1, 0.15) is 24.8 Å². The molecule has 0 bridgehead atoms. The molecule has 2 rings (SSSR count). The van der Waals surface area contributed by atoms with Gasteiger partial charge in [0.05, 0.1) is 11.0 Å². The van der Waals surface area contributed by atoms with Crippen molar-refractivity contribution < 1.29 is 9.31 Å². The van der Waals surface area contributed by atoms with E-state index in [-0.39, 0.29) is 17.6 Å². The van der Waals surface area contributed by atoms with Gasteiger partial charge < -0.3 is 5.32 Å². The molecule has 106 valence electrons. The van der Waals surface area contributed by atoms with E-state index in [2.05, 4.69) is 5.32 Å². The smallest absolute Gasteiger partial charge is 0.327 e. The number of hydrogen-bond donors (Lipinski definition) is 1. The maximum atomic E-state index is 13.6. The van der Waals surface area contributed by atoms with Gasteiger partial charge in [-0.25, -0.2) is 0 Å². The van der Waals surface area contributed by atoms with Crippen LogP contribution in [-0.2, 0) is 0 Å². The van der Waals surface area contributed by atoms with Gasteiger partial charge in [-0.3, -0.25) is 10.1 Å². The quantitative estimate of drug-likeness (QED) is 0.647. The largest absolute Gasteiger partial charge is 0.372 e. The van der Waals surface area contributed by atoms with Crippen LogP contribution < -0.4 is 5.32 Å². The summed E-state index contributed by atoms with van der Waals surface area (Å²) in [5, 5.41) is 16.1. The zero-order valence-corrected chi connectivity index (χ0v) is 12.0. The Kier molecular flexibility index (Phi) is 4.34. The monoisotopic (exact) mass is 294 g/mol. The molecule has 1 unspecified atom stereocenters. The van der Waals surface area contributed by atoms with E-state index < -0.39 is 16.4 Å². The number of nitro groups is 1. The molecule has 1 aromatic heterocycles. The first-order valence-corrected chi connectivity index (χ1v) is 7.11. The molecular weight excluding hydrogens is 279 g/mol. The fourth-order valence-corrected chi connectivity index (χ4v) is 2.97. The zero-order chi connectivity index (χ0) is 14.7. The SMILES string of the molecule is CC(C)C(Nc1cccc(F)c1[N+](=O)[O-])c1cccs1. The molecule has 0 radical (unpaired) electrons. The van der Waals surface area contributed by atoms with Gasteiger partial charge in [0.15, 0.2) is 0 Å². The van der Waals surface area contributed by atoms with Crippen molar-refractivity contribution in [1.82, 2.24) is 0 Å². The van der Waals surface area contributed by atoms with Crippen molar-refractivity contribution in [3.8, 4) is 0 Å². The molecular formula is C14H15FN2O2S. The number of nitrogens with zero attached hydrogens (tertiary/aromatic N) is 1. The summed E-state index contributed by atoms with van der Waals surface area (Å²) in [6.07, 6.45) is 0. The van der Waals surface area contributed by atoms with Crippen LogP contribution in [0.25, 0.3) is 0 Å². The van der Waals surface area contributed by atoms with Crippen molar-refractivity contribution in [2.75, 3.05) is 5.32 Å². The van der Waals surface area contributed by atoms with Crippen LogP contribution in [-0.4, -0.2) is 4.92 Å². The molecule has 1 atom stereocenters. The van der Waals surface area contributed by atoms with Crippen LogP contribution in [0.5, 0.6) is 0 Å². The Morgan fingerprint density at radius 3 is 2.60 bits per heavy atom. The van der Waals surface area contributed by atoms with Gasteiger partial charge in [-0.05, 0) is 29.5 Å². The maximum Gasteiger partial charge on any atom is 0.327 e. The summed E-state index contributed by atoms with van der Waals surface area (Å²) in [4.78, 5) is 11.4. The lowest BCUT2D eigenvalue weighted by atomic mass is 10.0. The number of hydrogen-bond acceptors (Lipinski definition) is 4. The highest BCUT2D eigenvalue weighted by atomic mass is 32.1. The number of halogens is 1. The molecule has 4 nitrogen and oxygen atoms in total. The van der Waals surface area contributed by atoms with Gasteiger partial charge in [0, 0.05) is 4.88 Å². The molecule has 0 amide bonds. The van der Waals surface area contributed by atoms with Crippen LogP contribution >= 0.6 is 11.3 Å². The Bertz CT molecular complexity index is 599. The van der Waals surface area contributed by atoms with Crippen molar-refractivity contribution in [1.29, 1.82) is 0 Å². The van der Waals surface area contributed by atoms with Crippen molar-refractivity contribution in [3.05, 3.63) is 56.5 Å². The topological polar surface area (TPSA) is 55.2 Å². The number of nitro benzene ring substituents is 1. The average molecular weight is 294 g/mol. The summed E-state index contributed by atoms with van der Waals surface area (Å²) >= 11 is 1.57. The minimum Gasteiger partial charge on any atom is -0.372 e. The molecule has 0 fully saturated rings. The molecule has 2 aromatic rings. The van der Waals surface area contributed by atoms with Crippen LogP contribution in [0.15, 0.2) is 35.7 Å². The molecule has 1 heterocycles. The molecule has 20 heavy (non-hydrogen) atoms. The first-order valence-electron chi connectivity index (χ1n) is 6.23. The summed E-state index contributed by atoms with van der Waals surface area (Å²) < 4.78 is 13.6. The molecule has 0 spiro atoms. The first kappa shape index (κ1) is 14.5. The van der Waals surface area contributed by atoms with E-state index in [0.29, 0.717) is 0 Å². The van der Waals surface area contributed by atoms with Crippen LogP contribution in [0.4, 0.5) is 15.8 Å². The van der Waals surface area contributed by atoms with Crippen LogP contribution in [0, 0.1) is 21.8 Å². The van der Waals surface area contributed by atoms with Gasteiger partial charge in [-0.15, -0.1) is 11.3 Å². The minimum atomic E-state index is -0.825. The highest BCUT2D eigenvalue weighted by Crippen LogP contribution is 2.34. The van der Waals surface area contributed by atoms with E-state index in [4.69, 9.17) is 0 Å². The molecule has 0 aliphatic rings. The third-order valence-electron chi connectivity index (χ3n) is 3.00. The Morgan fingerprint density at radius 2 is 2.05 bits per heavy atom. The lowest BCUT2D eigenvalue weighted by Crippen LogP contribution is -2.16. The van der Waals surface area contributed by atoms with Crippen LogP contribution in [0.2, 0.25) is 0 Å². The van der Waals surface area contributed by atoms with Crippen molar-refractivity contribution >= 4 is 22.7 Å². The van der Waals surface area contributed by atoms with Gasteiger partial charge >= 0.3 is 5.69 Å². The Labute approximate surface area is 120 Å². The number of thiophene rings is 1. The Hall–Kier alpha value is -1.95. The maximum absolute atomic E-state index is 13.6. The number of benzene rings is 1. The second-order valence-electron chi connectivity index (χ2n) is 4.77. The molecule has 0 aliphatic heterocycles. The first-order chi connectivity index (χ1) is 9.50. The molecule has 6 heteroatoms. The van der Waals surface area contributed by atoms with E-state index in [9.17, 15) is 14.5 Å². The van der Waals surface area contributed by atoms with Crippen molar-refractivity contribution in [3.63, 3.8) is 0 Å². The van der Waals surface area contributed by atoms with Gasteiger partial charge in [0.1, 0.15) is 5.69 Å². The highest BCUT2D eigenvalue weighted by molar-refractivity contribution is 7.10. The molecule has 0 saturated heterocycles. The van der Waals surface area contributed by atoms with Gasteiger partial charge in [0.2, 0.25) is 5.82 Å². The summed E-state index contributed by atoms with van der Waals surface area (Å²) in [6, 6.07) is 7.90. The lowest BCUT2D eigenvalue weighted by molar-refractivity contribution is -0.386. The summed E-state index contributed by atoms with van der Waals surface area (Å²) in [6.45, 7) is 4.03. The number of nitrogens with one attached hydrogen (secondary N) is 1. The second-order valence-corrected chi connectivity index (χ2v) is 5.75. The molecule has 0 saturated carbocycles. The van der Waals surface area contributed by atoms with Gasteiger partial charge in [-0.1, -0.05) is 26.0 Å². The standard InChI is InChI=1S/C14H15FN2O2S/c1-9(2)13(12-7-4-8-20-12)16-11-6-3-5-10(15)14(11)17(18)19/h3-9,13,16H,1-2H3. The summed E-state index contributed by atoms with van der Waals surface area (Å²) in [7, 11) is 0. The Balaban J connectivity index is 2.37. The van der Waals surface area contributed by atoms with Crippen molar-refractivity contribution in [2.45, 2.75) is 19.9 Å². The van der Waals surface area contributed by atoms with E-state index in [1.54, 1.807) is 11.3 Å². The number of anilines is 1. The number of rotatable bonds is 5. The molecule has 1 aromatic carbocycles. The average Bonchev–Trinajstić information content (AvgIpc) is 2.88. The minimum absolute atomic E-state index is 0.0875. The Morgan fingerprint density at radius 1 is 1.30 bits per heavy atom. The summed E-state index contributed by atoms with van der Waals surface area (Å²) in [5.41, 5.74) is -0.295. The second kappa shape index (κ2) is 6.00. The predicted molar refractivity (Wildman–Crippen MR) is 78.6 cm³/mol. The normalized spacial score (nSPS) is 12.4. The van der Waals surface area contributed by atoms with E-state index >= 15 is 0 Å². The van der Waals surface area contributed by atoms with Gasteiger partial charge in [0.25, 0.3) is 0 Å². The molecule has 1 N–H and O–H groups in total. The van der Waals surface area contributed by atoms with Gasteiger partial charge in [-0.2, -0.15) is 4.39 Å². The van der Waals surface area contributed by atoms with Crippen LogP contribution in [0.3, 0.4) is 0 Å². The predicted octanol–water partition coefficient (Wildman–Crippen LogP) is 4.60. The lowest BCUT2D eigenvalue weighted by Gasteiger charge is -2.22. The third-order valence-corrected chi connectivity index (χ3v) is 3.95. The fraction of sp³-hybridized carbons (Fsp3) is 0.286. The van der Waals surface area contributed by atoms with Crippen molar-refractivity contribution in [2.24, 2.45) is 5.92 Å². The van der Waals surface area contributed by atoms with E-state index in [1.165, 1.54) is 12.1 Å². The fourth-order valence-electron chi connectivity index (χ4n) is 2.02. The van der Waals surface area contributed by atoms with E-state index in [1.807, 2.05) is 31.4 Å².